The van der Waals surface area contributed by atoms with Crippen molar-refractivity contribution < 1.29 is 18.8 Å². The topological polar surface area (TPSA) is 98.7 Å². The number of carbonyl (C=O) groups is 2. The third-order valence-electron chi connectivity index (χ3n) is 3.70. The molecule has 0 radical (unpaired) electrons. The van der Waals surface area contributed by atoms with Crippen LogP contribution >= 0.6 is 0 Å². The Morgan fingerprint density at radius 1 is 1.25 bits per heavy atom. The van der Waals surface area contributed by atoms with E-state index in [0.29, 0.717) is 12.2 Å². The minimum Gasteiger partial charge on any atom is -0.452 e. The first kappa shape index (κ1) is 17.5. The second-order valence-corrected chi connectivity index (χ2v) is 5.50. The molecule has 24 heavy (non-hydrogen) atoms. The van der Waals surface area contributed by atoms with E-state index in [1.807, 2.05) is 24.3 Å². The molecule has 0 aliphatic rings. The Balaban J connectivity index is 1.88. The molecular formula is C17H21N3O4. The lowest BCUT2D eigenvalue weighted by molar-refractivity contribution is -0.133. The highest BCUT2D eigenvalue weighted by molar-refractivity contribution is 5.96. The van der Waals surface area contributed by atoms with Gasteiger partial charge in [0.2, 0.25) is 5.88 Å². The molecule has 7 nitrogen and oxygen atoms in total. The second-order valence-electron chi connectivity index (χ2n) is 5.50. The Kier molecular flexibility index (Phi) is 5.57. The standard InChI is InChI=1S/C17H21N3O4/c1-4-12-5-7-13(8-6-12)9-20(3)14(21)10-23-17(22)15-11(2)19-24-16(15)18/h5-8H,4,9-10,18H2,1-3H3. The Morgan fingerprint density at radius 3 is 2.42 bits per heavy atom. The largest absolute Gasteiger partial charge is 0.452 e. The van der Waals surface area contributed by atoms with Gasteiger partial charge < -0.3 is 19.9 Å². The van der Waals surface area contributed by atoms with Crippen LogP contribution in [0.2, 0.25) is 0 Å². The van der Waals surface area contributed by atoms with Gasteiger partial charge in [-0.05, 0) is 24.5 Å². The number of aryl methyl sites for hydroxylation is 2. The van der Waals surface area contributed by atoms with Crippen molar-refractivity contribution in [3.63, 3.8) is 0 Å². The van der Waals surface area contributed by atoms with Gasteiger partial charge in [-0.2, -0.15) is 0 Å². The first-order valence-electron chi connectivity index (χ1n) is 7.63. The third-order valence-corrected chi connectivity index (χ3v) is 3.70. The van der Waals surface area contributed by atoms with Gasteiger partial charge in [-0.15, -0.1) is 0 Å². The lowest BCUT2D eigenvalue weighted by atomic mass is 10.1. The minimum atomic E-state index is -0.722. The SMILES string of the molecule is CCc1ccc(CN(C)C(=O)COC(=O)c2c(C)noc2N)cc1. The Labute approximate surface area is 140 Å². The summed E-state index contributed by atoms with van der Waals surface area (Å²) in [6.45, 7) is 3.73. The number of likely N-dealkylation sites (N-methyl/N-ethyl adjacent to an activating group) is 1. The van der Waals surface area contributed by atoms with E-state index in [4.69, 9.17) is 15.0 Å². The van der Waals surface area contributed by atoms with E-state index in [-0.39, 0.29) is 24.0 Å². The maximum atomic E-state index is 12.1. The molecule has 0 unspecified atom stereocenters. The number of nitrogen functional groups attached to an aromatic ring is 1. The molecule has 1 heterocycles. The van der Waals surface area contributed by atoms with E-state index in [9.17, 15) is 9.59 Å². The highest BCUT2D eigenvalue weighted by atomic mass is 16.5. The number of carbonyl (C=O) groups excluding carboxylic acids is 2. The van der Waals surface area contributed by atoms with Crippen LogP contribution in [0.25, 0.3) is 0 Å². The van der Waals surface area contributed by atoms with Crippen molar-refractivity contribution in [2.75, 3.05) is 19.4 Å². The number of amides is 1. The van der Waals surface area contributed by atoms with Crippen LogP contribution in [0.1, 0.15) is 34.1 Å². The summed E-state index contributed by atoms with van der Waals surface area (Å²) in [5, 5.41) is 3.57. The maximum Gasteiger partial charge on any atom is 0.346 e. The molecule has 0 bridgehead atoms. The maximum absolute atomic E-state index is 12.1. The highest BCUT2D eigenvalue weighted by Crippen LogP contribution is 2.16. The van der Waals surface area contributed by atoms with Crippen molar-refractivity contribution in [3.8, 4) is 0 Å². The normalized spacial score (nSPS) is 10.5. The van der Waals surface area contributed by atoms with Gasteiger partial charge in [0.15, 0.2) is 6.61 Å². The Bertz CT molecular complexity index is 702. The van der Waals surface area contributed by atoms with Crippen LogP contribution in [0.5, 0.6) is 0 Å². The molecule has 0 saturated carbocycles. The summed E-state index contributed by atoms with van der Waals surface area (Å²) < 4.78 is 9.70. The Hall–Kier alpha value is -2.83. The van der Waals surface area contributed by atoms with Crippen molar-refractivity contribution in [2.24, 2.45) is 0 Å². The lowest BCUT2D eigenvalue weighted by Gasteiger charge is -2.17. The quantitative estimate of drug-likeness (QED) is 0.812. The summed E-state index contributed by atoms with van der Waals surface area (Å²) in [6.07, 6.45) is 0.969. The molecule has 0 aliphatic carbocycles. The van der Waals surface area contributed by atoms with Gasteiger partial charge in [0.1, 0.15) is 5.56 Å². The number of anilines is 1. The first-order chi connectivity index (χ1) is 11.4. The van der Waals surface area contributed by atoms with E-state index in [0.717, 1.165) is 12.0 Å². The summed E-state index contributed by atoms with van der Waals surface area (Å²) in [5.74, 6) is -1.15. The molecule has 7 heteroatoms. The summed E-state index contributed by atoms with van der Waals surface area (Å²) >= 11 is 0. The van der Waals surface area contributed by atoms with Crippen LogP contribution in [0, 0.1) is 6.92 Å². The molecule has 0 spiro atoms. The van der Waals surface area contributed by atoms with Gasteiger partial charge in [0, 0.05) is 13.6 Å². The number of nitrogens with zero attached hydrogens (tertiary/aromatic N) is 2. The van der Waals surface area contributed by atoms with Gasteiger partial charge in [0.05, 0.1) is 5.69 Å². The van der Waals surface area contributed by atoms with Gasteiger partial charge in [0.25, 0.3) is 5.91 Å². The number of nitrogens with two attached hydrogens (primary N) is 1. The summed E-state index contributed by atoms with van der Waals surface area (Å²) in [5.41, 5.74) is 8.14. The molecule has 2 N–H and O–H groups in total. The van der Waals surface area contributed by atoms with Crippen LogP contribution < -0.4 is 5.73 Å². The molecule has 0 saturated heterocycles. The Morgan fingerprint density at radius 2 is 1.88 bits per heavy atom. The monoisotopic (exact) mass is 331 g/mol. The lowest BCUT2D eigenvalue weighted by Crippen LogP contribution is -2.31. The zero-order valence-corrected chi connectivity index (χ0v) is 14.0. The number of hydrogen-bond donors (Lipinski definition) is 1. The van der Waals surface area contributed by atoms with E-state index in [1.54, 1.807) is 14.0 Å². The molecular weight excluding hydrogens is 310 g/mol. The molecule has 0 atom stereocenters. The number of ether oxygens (including phenoxy) is 1. The van der Waals surface area contributed by atoms with Crippen molar-refractivity contribution in [3.05, 3.63) is 46.6 Å². The van der Waals surface area contributed by atoms with Gasteiger partial charge in [-0.25, -0.2) is 4.79 Å². The van der Waals surface area contributed by atoms with Crippen molar-refractivity contribution in [2.45, 2.75) is 26.8 Å². The highest BCUT2D eigenvalue weighted by Gasteiger charge is 2.21. The molecule has 2 aromatic rings. The van der Waals surface area contributed by atoms with E-state index >= 15 is 0 Å². The van der Waals surface area contributed by atoms with Crippen LogP contribution in [0.15, 0.2) is 28.8 Å². The number of aromatic nitrogens is 1. The van der Waals surface area contributed by atoms with Crippen molar-refractivity contribution in [1.82, 2.24) is 10.1 Å². The number of benzene rings is 1. The van der Waals surface area contributed by atoms with Gasteiger partial charge >= 0.3 is 5.97 Å². The zero-order chi connectivity index (χ0) is 17.7. The molecule has 1 aromatic carbocycles. The number of esters is 1. The summed E-state index contributed by atoms with van der Waals surface area (Å²) in [4.78, 5) is 25.5. The smallest absolute Gasteiger partial charge is 0.346 e. The second kappa shape index (κ2) is 7.63. The third kappa shape index (κ3) is 4.13. The van der Waals surface area contributed by atoms with Crippen LogP contribution in [0.3, 0.4) is 0 Å². The van der Waals surface area contributed by atoms with E-state index < -0.39 is 5.97 Å². The van der Waals surface area contributed by atoms with Crippen LogP contribution in [-0.4, -0.2) is 35.6 Å². The summed E-state index contributed by atoms with van der Waals surface area (Å²) in [7, 11) is 1.66. The van der Waals surface area contributed by atoms with Gasteiger partial charge in [-0.3, -0.25) is 4.79 Å². The van der Waals surface area contributed by atoms with Gasteiger partial charge in [-0.1, -0.05) is 36.3 Å². The van der Waals surface area contributed by atoms with Crippen molar-refractivity contribution >= 4 is 17.8 Å². The molecule has 0 fully saturated rings. The predicted molar refractivity (Wildman–Crippen MR) is 88.2 cm³/mol. The molecule has 1 aromatic heterocycles. The van der Waals surface area contributed by atoms with Crippen molar-refractivity contribution in [1.29, 1.82) is 0 Å². The van der Waals surface area contributed by atoms with Crippen LogP contribution in [-0.2, 0) is 22.5 Å². The van der Waals surface area contributed by atoms with Crippen LogP contribution in [0.4, 0.5) is 5.88 Å². The van der Waals surface area contributed by atoms with E-state index in [1.165, 1.54) is 10.5 Å². The average molecular weight is 331 g/mol. The average Bonchev–Trinajstić information content (AvgIpc) is 2.91. The molecule has 0 aliphatic heterocycles. The molecule has 2 rings (SSSR count). The van der Waals surface area contributed by atoms with E-state index in [2.05, 4.69) is 12.1 Å². The fourth-order valence-corrected chi connectivity index (χ4v) is 2.19. The summed E-state index contributed by atoms with van der Waals surface area (Å²) in [6, 6.07) is 8.03. The number of hydrogen-bond acceptors (Lipinski definition) is 6. The fourth-order valence-electron chi connectivity index (χ4n) is 2.19. The zero-order valence-electron chi connectivity index (χ0n) is 14.0. The molecule has 128 valence electrons. The first-order valence-corrected chi connectivity index (χ1v) is 7.63. The number of rotatable bonds is 6. The fraction of sp³-hybridized carbons (Fsp3) is 0.353. The predicted octanol–water partition coefficient (Wildman–Crippen LogP) is 1.94. The minimum absolute atomic E-state index is 0.0561. The molecule has 1 amide bonds.